The van der Waals surface area contributed by atoms with E-state index in [0.29, 0.717) is 6.04 Å². The summed E-state index contributed by atoms with van der Waals surface area (Å²) < 4.78 is 0. The van der Waals surface area contributed by atoms with Gasteiger partial charge in [0.15, 0.2) is 0 Å². The second kappa shape index (κ2) is 6.06. The van der Waals surface area contributed by atoms with E-state index in [1.165, 1.54) is 30.6 Å². The van der Waals surface area contributed by atoms with Gasteiger partial charge in [-0.1, -0.05) is 43.7 Å². The highest BCUT2D eigenvalue weighted by atomic mass is 15.2. The van der Waals surface area contributed by atoms with Crippen molar-refractivity contribution in [3.63, 3.8) is 0 Å². The molecule has 2 rings (SSSR count). The molecule has 1 fully saturated rings. The van der Waals surface area contributed by atoms with Gasteiger partial charge in [0.25, 0.3) is 0 Å². The molecule has 2 N–H and O–H groups in total. The molecule has 2 heteroatoms. The first-order valence-corrected chi connectivity index (χ1v) is 7.53. The predicted octanol–water partition coefficient (Wildman–Crippen LogP) is 3.36. The van der Waals surface area contributed by atoms with E-state index >= 15 is 0 Å². The van der Waals surface area contributed by atoms with Crippen LogP contribution in [0.25, 0.3) is 0 Å². The summed E-state index contributed by atoms with van der Waals surface area (Å²) in [5, 5.41) is 0. The van der Waals surface area contributed by atoms with Crippen molar-refractivity contribution >= 4 is 0 Å². The Morgan fingerprint density at radius 3 is 2.37 bits per heavy atom. The van der Waals surface area contributed by atoms with Crippen molar-refractivity contribution < 1.29 is 0 Å². The predicted molar refractivity (Wildman–Crippen MR) is 82.1 cm³/mol. The van der Waals surface area contributed by atoms with Gasteiger partial charge in [-0.3, -0.25) is 4.90 Å². The minimum absolute atomic E-state index is 0.166. The highest BCUT2D eigenvalue weighted by Gasteiger charge is 2.30. The molecule has 1 aromatic rings. The molecule has 1 aliphatic rings. The smallest absolute Gasteiger partial charge is 0.0496 e. The van der Waals surface area contributed by atoms with Gasteiger partial charge in [-0.25, -0.2) is 0 Å². The Morgan fingerprint density at radius 1 is 1.21 bits per heavy atom. The molecule has 1 aromatic carbocycles. The molecule has 0 aromatic heterocycles. The molecular formula is C17H28N2. The van der Waals surface area contributed by atoms with Gasteiger partial charge in [0, 0.05) is 25.2 Å². The van der Waals surface area contributed by atoms with Crippen molar-refractivity contribution in [1.29, 1.82) is 0 Å². The first kappa shape index (κ1) is 14.5. The molecule has 0 saturated carbocycles. The van der Waals surface area contributed by atoms with Crippen LogP contribution in [0.5, 0.6) is 0 Å². The fraction of sp³-hybridized carbons (Fsp3) is 0.647. The van der Waals surface area contributed by atoms with Crippen LogP contribution in [0, 0.1) is 18.8 Å². The lowest BCUT2D eigenvalue weighted by molar-refractivity contribution is 0.0847. The summed E-state index contributed by atoms with van der Waals surface area (Å²) in [6.07, 6.45) is 1.34. The van der Waals surface area contributed by atoms with Crippen LogP contribution in [0.4, 0.5) is 0 Å². The summed E-state index contributed by atoms with van der Waals surface area (Å²) in [5.74, 6) is 1.55. The third kappa shape index (κ3) is 3.58. The van der Waals surface area contributed by atoms with Crippen LogP contribution in [0.1, 0.15) is 44.4 Å². The zero-order chi connectivity index (χ0) is 14.0. The van der Waals surface area contributed by atoms with E-state index in [4.69, 9.17) is 5.73 Å². The van der Waals surface area contributed by atoms with Gasteiger partial charge in [0.1, 0.15) is 0 Å². The van der Waals surface area contributed by atoms with E-state index in [1.807, 2.05) is 0 Å². The fourth-order valence-corrected chi connectivity index (χ4v) is 3.64. The number of aryl methyl sites for hydroxylation is 1. The van der Waals surface area contributed by atoms with Crippen LogP contribution in [-0.2, 0) is 0 Å². The van der Waals surface area contributed by atoms with Crippen LogP contribution >= 0.6 is 0 Å². The summed E-state index contributed by atoms with van der Waals surface area (Å²) in [4.78, 5) is 2.60. The van der Waals surface area contributed by atoms with Crippen LogP contribution in [0.3, 0.4) is 0 Å². The van der Waals surface area contributed by atoms with E-state index < -0.39 is 0 Å². The highest BCUT2D eigenvalue weighted by Crippen LogP contribution is 2.31. The monoisotopic (exact) mass is 260 g/mol. The van der Waals surface area contributed by atoms with Gasteiger partial charge in [-0.2, -0.15) is 0 Å². The molecule has 4 unspecified atom stereocenters. The average Bonchev–Trinajstić information content (AvgIpc) is 2.27. The fourth-order valence-electron chi connectivity index (χ4n) is 3.64. The van der Waals surface area contributed by atoms with E-state index in [9.17, 15) is 0 Å². The van der Waals surface area contributed by atoms with Crippen LogP contribution < -0.4 is 5.73 Å². The van der Waals surface area contributed by atoms with Crippen molar-refractivity contribution in [3.8, 4) is 0 Å². The largest absolute Gasteiger partial charge is 0.326 e. The number of rotatable bonds is 3. The molecular weight excluding hydrogens is 232 g/mol. The van der Waals surface area contributed by atoms with Gasteiger partial charge in [-0.15, -0.1) is 0 Å². The van der Waals surface area contributed by atoms with Gasteiger partial charge in [0.05, 0.1) is 0 Å². The Balaban J connectivity index is 2.25. The molecule has 1 heterocycles. The molecule has 1 aliphatic heterocycles. The number of hydrogen-bond donors (Lipinski definition) is 1. The maximum atomic E-state index is 6.30. The number of likely N-dealkylation sites (tertiary alicyclic amines) is 1. The lowest BCUT2D eigenvalue weighted by atomic mass is 9.88. The Hall–Kier alpha value is -0.860. The van der Waals surface area contributed by atoms with Crippen molar-refractivity contribution in [2.45, 2.75) is 46.2 Å². The van der Waals surface area contributed by atoms with Crippen molar-refractivity contribution in [2.24, 2.45) is 17.6 Å². The quantitative estimate of drug-likeness (QED) is 0.903. The Bertz CT molecular complexity index is 403. The molecule has 0 radical (unpaired) electrons. The van der Waals surface area contributed by atoms with E-state index in [0.717, 1.165) is 11.8 Å². The lowest BCUT2D eigenvalue weighted by Gasteiger charge is -2.42. The minimum Gasteiger partial charge on any atom is -0.326 e. The normalized spacial score (nSPS) is 28.1. The first-order valence-electron chi connectivity index (χ1n) is 7.53. The molecule has 1 saturated heterocycles. The lowest BCUT2D eigenvalue weighted by Crippen LogP contribution is -2.46. The zero-order valence-corrected chi connectivity index (χ0v) is 12.8. The van der Waals surface area contributed by atoms with Crippen molar-refractivity contribution in [3.05, 3.63) is 35.4 Å². The third-order valence-electron chi connectivity index (χ3n) is 4.17. The number of hydrogen-bond acceptors (Lipinski definition) is 2. The van der Waals surface area contributed by atoms with Crippen molar-refractivity contribution in [2.75, 3.05) is 13.1 Å². The Labute approximate surface area is 118 Å². The summed E-state index contributed by atoms with van der Waals surface area (Å²) in [7, 11) is 0. The van der Waals surface area contributed by atoms with E-state index in [2.05, 4.69) is 56.9 Å². The van der Waals surface area contributed by atoms with E-state index in [-0.39, 0.29) is 6.04 Å². The zero-order valence-electron chi connectivity index (χ0n) is 12.8. The average molecular weight is 260 g/mol. The maximum absolute atomic E-state index is 6.30. The molecule has 0 bridgehead atoms. The number of benzene rings is 1. The molecule has 0 amide bonds. The summed E-state index contributed by atoms with van der Waals surface area (Å²) in [5.41, 5.74) is 8.99. The van der Waals surface area contributed by atoms with E-state index in [1.54, 1.807) is 0 Å². The number of nitrogens with zero attached hydrogens (tertiary/aromatic N) is 1. The SMILES string of the molecule is Cc1cccc(C(C(C)N)N2CC(C)CC(C)C2)c1. The third-order valence-corrected chi connectivity index (χ3v) is 4.17. The summed E-state index contributed by atoms with van der Waals surface area (Å²) >= 11 is 0. The number of nitrogens with two attached hydrogens (primary N) is 1. The van der Waals surface area contributed by atoms with Gasteiger partial charge >= 0.3 is 0 Å². The van der Waals surface area contributed by atoms with Gasteiger partial charge in [-0.05, 0) is 37.7 Å². The second-order valence-corrected chi connectivity index (χ2v) is 6.62. The summed E-state index contributed by atoms with van der Waals surface area (Å²) in [6.45, 7) is 11.4. The standard InChI is InChI=1S/C17H28N2/c1-12-6-5-7-16(9-12)17(15(4)18)19-10-13(2)8-14(3)11-19/h5-7,9,13-15,17H,8,10-11,18H2,1-4H3. The van der Waals surface area contributed by atoms with Gasteiger partial charge < -0.3 is 5.73 Å². The highest BCUT2D eigenvalue weighted by molar-refractivity contribution is 5.26. The molecule has 0 spiro atoms. The topological polar surface area (TPSA) is 29.3 Å². The number of piperidine rings is 1. The van der Waals surface area contributed by atoms with Crippen LogP contribution in [0.15, 0.2) is 24.3 Å². The van der Waals surface area contributed by atoms with Crippen LogP contribution in [-0.4, -0.2) is 24.0 Å². The minimum atomic E-state index is 0.166. The van der Waals surface area contributed by atoms with Crippen LogP contribution in [0.2, 0.25) is 0 Å². The molecule has 2 nitrogen and oxygen atoms in total. The Kier molecular flexibility index (Phi) is 4.64. The second-order valence-electron chi connectivity index (χ2n) is 6.62. The molecule has 4 atom stereocenters. The Morgan fingerprint density at radius 2 is 1.84 bits per heavy atom. The summed E-state index contributed by atoms with van der Waals surface area (Å²) in [6, 6.07) is 9.34. The van der Waals surface area contributed by atoms with Gasteiger partial charge in [0.2, 0.25) is 0 Å². The first-order chi connectivity index (χ1) is 8.97. The molecule has 19 heavy (non-hydrogen) atoms. The maximum Gasteiger partial charge on any atom is 0.0496 e. The molecule has 0 aliphatic carbocycles. The molecule has 106 valence electrons. The van der Waals surface area contributed by atoms with Crippen molar-refractivity contribution in [1.82, 2.24) is 4.90 Å².